The number of nitrogens with zero attached hydrogens (tertiary/aromatic N) is 3. The summed E-state index contributed by atoms with van der Waals surface area (Å²) in [6.45, 7) is 0. The third-order valence-corrected chi connectivity index (χ3v) is 10.9. The Bertz CT molecular complexity index is 3530. The van der Waals surface area contributed by atoms with Crippen molar-refractivity contribution in [1.82, 2.24) is 15.0 Å². The van der Waals surface area contributed by atoms with Gasteiger partial charge in [0.15, 0.2) is 17.5 Å². The Hall–Kier alpha value is -7.83. The summed E-state index contributed by atoms with van der Waals surface area (Å²) in [7, 11) is 0. The fourth-order valence-electron chi connectivity index (χ4n) is 8.24. The van der Waals surface area contributed by atoms with E-state index in [0.717, 1.165) is 99.2 Å². The Labute approximate surface area is 325 Å². The fraction of sp³-hybridized carbons (Fsp3) is 0. The lowest BCUT2D eigenvalue weighted by Crippen LogP contribution is -2.00. The van der Waals surface area contributed by atoms with Crippen molar-refractivity contribution in [2.24, 2.45) is 0 Å². The highest BCUT2D eigenvalue weighted by atomic mass is 16.3. The highest BCUT2D eigenvalue weighted by molar-refractivity contribution is 6.14. The summed E-state index contributed by atoms with van der Waals surface area (Å²) >= 11 is 0. The molecule has 0 N–H and O–H groups in total. The van der Waals surface area contributed by atoms with E-state index in [0.29, 0.717) is 23.1 Å². The Morgan fingerprint density at radius 2 is 0.737 bits per heavy atom. The van der Waals surface area contributed by atoms with E-state index in [2.05, 4.69) is 84.9 Å². The molecule has 4 heterocycles. The van der Waals surface area contributed by atoms with Crippen LogP contribution in [-0.2, 0) is 0 Å². The summed E-state index contributed by atoms with van der Waals surface area (Å²) < 4.78 is 19.7. The number of fused-ring (bicyclic) bond motifs is 9. The zero-order valence-corrected chi connectivity index (χ0v) is 30.3. The summed E-state index contributed by atoms with van der Waals surface area (Å²) in [5.41, 5.74) is 11.5. The molecule has 266 valence electrons. The summed E-state index contributed by atoms with van der Waals surface area (Å²) in [5, 5.41) is 6.19. The molecule has 0 aliphatic rings. The lowest BCUT2D eigenvalue weighted by molar-refractivity contribution is 0.668. The average molecular weight is 732 g/mol. The first kappa shape index (κ1) is 31.5. The quantitative estimate of drug-likeness (QED) is 0.175. The smallest absolute Gasteiger partial charge is 0.167 e. The van der Waals surface area contributed by atoms with Gasteiger partial charge in [0.1, 0.15) is 33.5 Å². The molecule has 8 aromatic carbocycles. The Balaban J connectivity index is 1.06. The van der Waals surface area contributed by atoms with E-state index in [9.17, 15) is 0 Å². The minimum atomic E-state index is 0.511. The first-order valence-corrected chi connectivity index (χ1v) is 18.9. The molecule has 0 saturated heterocycles. The van der Waals surface area contributed by atoms with Crippen LogP contribution in [-0.4, -0.2) is 15.0 Å². The molecule has 6 heteroatoms. The second kappa shape index (κ2) is 12.3. The molecule has 12 aromatic rings. The standard InChI is InChI=1S/C51H29N3O3/c1-3-13-30(14-4-1)33-28-40(48-42(29-33)35-18-8-10-24-44(35)56-48)32-25-26-45-41(27-32)37-20-12-22-39(47(37)57-45)51-53-49(31-15-5-2-6-16-31)52-50(54-51)38-21-11-19-36-34-17-7-9-23-43(34)55-46(36)38/h1-29H. The predicted molar refractivity (Wildman–Crippen MR) is 229 cm³/mol. The molecule has 0 aliphatic carbocycles. The molecule has 0 aliphatic heterocycles. The second-order valence-corrected chi connectivity index (χ2v) is 14.3. The Morgan fingerprint density at radius 1 is 0.263 bits per heavy atom. The van der Waals surface area contributed by atoms with Crippen LogP contribution in [0.2, 0.25) is 0 Å². The normalized spacial score (nSPS) is 11.9. The monoisotopic (exact) mass is 731 g/mol. The van der Waals surface area contributed by atoms with Crippen LogP contribution in [0.5, 0.6) is 0 Å². The van der Waals surface area contributed by atoms with E-state index in [-0.39, 0.29) is 0 Å². The van der Waals surface area contributed by atoms with Gasteiger partial charge in [0.05, 0.1) is 11.1 Å². The van der Waals surface area contributed by atoms with Gasteiger partial charge in [0.25, 0.3) is 0 Å². The number of para-hydroxylation sites is 4. The summed E-state index contributed by atoms with van der Waals surface area (Å²) in [4.78, 5) is 15.3. The molecule has 0 radical (unpaired) electrons. The highest BCUT2D eigenvalue weighted by Gasteiger charge is 2.21. The zero-order chi connectivity index (χ0) is 37.5. The number of hydrogen-bond acceptors (Lipinski definition) is 6. The largest absolute Gasteiger partial charge is 0.455 e. The van der Waals surface area contributed by atoms with E-state index in [1.54, 1.807) is 0 Å². The van der Waals surface area contributed by atoms with Crippen LogP contribution in [0.25, 0.3) is 122 Å². The van der Waals surface area contributed by atoms with Gasteiger partial charge in [-0.05, 0) is 65.2 Å². The van der Waals surface area contributed by atoms with Crippen LogP contribution in [0.1, 0.15) is 0 Å². The SMILES string of the molecule is c1ccc(-c2cc(-c3ccc4oc5c(-c6nc(-c7ccccc7)nc(-c7cccc8c7oc7ccccc78)n6)cccc5c4c3)c3oc4ccccc4c3c2)cc1. The molecular weight excluding hydrogens is 703 g/mol. The van der Waals surface area contributed by atoms with Crippen molar-refractivity contribution in [3.63, 3.8) is 0 Å². The van der Waals surface area contributed by atoms with Crippen LogP contribution >= 0.6 is 0 Å². The van der Waals surface area contributed by atoms with Crippen LogP contribution in [0.3, 0.4) is 0 Å². The molecular formula is C51H29N3O3. The topological polar surface area (TPSA) is 78.1 Å². The first-order chi connectivity index (χ1) is 28.2. The van der Waals surface area contributed by atoms with Crippen molar-refractivity contribution in [2.75, 3.05) is 0 Å². The number of furan rings is 3. The van der Waals surface area contributed by atoms with Gasteiger partial charge in [-0.3, -0.25) is 0 Å². The van der Waals surface area contributed by atoms with E-state index >= 15 is 0 Å². The molecule has 0 amide bonds. The van der Waals surface area contributed by atoms with E-state index in [1.807, 2.05) is 91.0 Å². The zero-order valence-electron chi connectivity index (χ0n) is 30.3. The highest BCUT2D eigenvalue weighted by Crippen LogP contribution is 2.43. The van der Waals surface area contributed by atoms with Gasteiger partial charge in [-0.15, -0.1) is 0 Å². The summed E-state index contributed by atoms with van der Waals surface area (Å²) in [6, 6.07) is 59.9. The number of aromatic nitrogens is 3. The van der Waals surface area contributed by atoms with Crippen LogP contribution < -0.4 is 0 Å². The molecule has 0 bridgehead atoms. The van der Waals surface area contributed by atoms with Crippen LogP contribution in [0.15, 0.2) is 189 Å². The molecule has 0 spiro atoms. The maximum Gasteiger partial charge on any atom is 0.167 e. The summed E-state index contributed by atoms with van der Waals surface area (Å²) in [6.07, 6.45) is 0. The van der Waals surface area contributed by atoms with Crippen molar-refractivity contribution in [3.8, 4) is 56.4 Å². The molecule has 4 aromatic heterocycles. The predicted octanol–water partition coefficient (Wildman–Crippen LogP) is 13.9. The molecule has 6 nitrogen and oxygen atoms in total. The van der Waals surface area contributed by atoms with Crippen LogP contribution in [0, 0.1) is 0 Å². The van der Waals surface area contributed by atoms with Gasteiger partial charge < -0.3 is 13.3 Å². The van der Waals surface area contributed by atoms with E-state index < -0.39 is 0 Å². The molecule has 12 rings (SSSR count). The third kappa shape index (κ3) is 5.01. The fourth-order valence-corrected chi connectivity index (χ4v) is 8.24. The molecule has 0 fully saturated rings. The van der Waals surface area contributed by atoms with Gasteiger partial charge in [0, 0.05) is 43.4 Å². The van der Waals surface area contributed by atoms with Gasteiger partial charge >= 0.3 is 0 Å². The van der Waals surface area contributed by atoms with Gasteiger partial charge in [0.2, 0.25) is 0 Å². The number of rotatable bonds is 5. The van der Waals surface area contributed by atoms with Crippen molar-refractivity contribution >= 4 is 65.8 Å². The minimum Gasteiger partial charge on any atom is -0.455 e. The van der Waals surface area contributed by atoms with Gasteiger partial charge in [-0.2, -0.15) is 0 Å². The lowest BCUT2D eigenvalue weighted by atomic mass is 9.95. The molecule has 57 heavy (non-hydrogen) atoms. The molecule has 0 atom stereocenters. The maximum atomic E-state index is 6.72. The lowest BCUT2D eigenvalue weighted by Gasteiger charge is -2.09. The third-order valence-electron chi connectivity index (χ3n) is 10.9. The molecule has 0 saturated carbocycles. The van der Waals surface area contributed by atoms with Crippen molar-refractivity contribution < 1.29 is 13.3 Å². The molecule has 0 unspecified atom stereocenters. The maximum absolute atomic E-state index is 6.72. The Morgan fingerprint density at radius 3 is 1.39 bits per heavy atom. The van der Waals surface area contributed by atoms with Crippen molar-refractivity contribution in [2.45, 2.75) is 0 Å². The van der Waals surface area contributed by atoms with E-state index in [4.69, 9.17) is 28.2 Å². The Kier molecular flexibility index (Phi) is 6.83. The van der Waals surface area contributed by atoms with Gasteiger partial charge in [-0.25, -0.2) is 15.0 Å². The minimum absolute atomic E-state index is 0.511. The van der Waals surface area contributed by atoms with E-state index in [1.165, 1.54) is 0 Å². The van der Waals surface area contributed by atoms with Crippen molar-refractivity contribution in [3.05, 3.63) is 176 Å². The first-order valence-electron chi connectivity index (χ1n) is 18.9. The average Bonchev–Trinajstić information content (AvgIpc) is 3.98. The summed E-state index contributed by atoms with van der Waals surface area (Å²) in [5.74, 6) is 1.59. The van der Waals surface area contributed by atoms with Gasteiger partial charge in [-0.1, -0.05) is 127 Å². The number of hydrogen-bond donors (Lipinski definition) is 0. The second-order valence-electron chi connectivity index (χ2n) is 14.3. The van der Waals surface area contributed by atoms with Crippen molar-refractivity contribution in [1.29, 1.82) is 0 Å². The number of benzene rings is 8. The van der Waals surface area contributed by atoms with Crippen LogP contribution in [0.4, 0.5) is 0 Å².